The van der Waals surface area contributed by atoms with E-state index in [9.17, 15) is 9.18 Å². The minimum Gasteiger partial charge on any atom is -0.319 e. The van der Waals surface area contributed by atoms with Gasteiger partial charge in [0.25, 0.3) is 5.91 Å². The van der Waals surface area contributed by atoms with Crippen LogP contribution in [0.25, 0.3) is 10.2 Å². The fourth-order valence-electron chi connectivity index (χ4n) is 1.79. The molecule has 3 nitrogen and oxygen atoms in total. The van der Waals surface area contributed by atoms with Crippen molar-refractivity contribution in [3.8, 4) is 0 Å². The van der Waals surface area contributed by atoms with Crippen LogP contribution in [0.1, 0.15) is 9.67 Å². The minimum absolute atomic E-state index is 0.289. The highest BCUT2D eigenvalue weighted by Gasteiger charge is 2.09. The Hall–Kier alpha value is -1.31. The van der Waals surface area contributed by atoms with Crippen molar-refractivity contribution in [1.82, 2.24) is 4.57 Å². The molecule has 1 amide bonds. The van der Waals surface area contributed by atoms with Gasteiger partial charge in [-0.1, -0.05) is 11.3 Å². The summed E-state index contributed by atoms with van der Waals surface area (Å²) in [5.74, 6) is -0.581. The van der Waals surface area contributed by atoms with Gasteiger partial charge in [-0.2, -0.15) is 4.99 Å². The minimum atomic E-state index is -0.292. The Morgan fingerprint density at radius 2 is 2.10 bits per heavy atom. The van der Waals surface area contributed by atoms with Crippen LogP contribution in [-0.2, 0) is 7.05 Å². The van der Waals surface area contributed by atoms with Crippen LogP contribution in [0.2, 0.25) is 0 Å². The highest BCUT2D eigenvalue weighted by Crippen LogP contribution is 2.23. The van der Waals surface area contributed by atoms with Gasteiger partial charge >= 0.3 is 0 Å². The number of nitrogens with zero attached hydrogens (tertiary/aromatic N) is 2. The van der Waals surface area contributed by atoms with Crippen LogP contribution in [0, 0.1) is 5.82 Å². The molecule has 0 unspecified atom stereocenters. The summed E-state index contributed by atoms with van der Waals surface area (Å²) >= 11 is 5.95. The Morgan fingerprint density at radius 3 is 2.80 bits per heavy atom. The molecule has 2 heterocycles. The van der Waals surface area contributed by atoms with Crippen molar-refractivity contribution in [2.75, 3.05) is 0 Å². The number of aryl methyl sites for hydroxylation is 1. The van der Waals surface area contributed by atoms with Crippen molar-refractivity contribution < 1.29 is 9.18 Å². The fourth-order valence-corrected chi connectivity index (χ4v) is 4.10. The number of carbonyl (C=O) groups is 1. The highest BCUT2D eigenvalue weighted by molar-refractivity contribution is 9.11. The summed E-state index contributed by atoms with van der Waals surface area (Å²) in [6.07, 6.45) is 0. The number of thiophene rings is 1. The summed E-state index contributed by atoms with van der Waals surface area (Å²) in [6, 6.07) is 8.08. The lowest BCUT2D eigenvalue weighted by molar-refractivity contribution is 0.100. The lowest BCUT2D eigenvalue weighted by Crippen LogP contribution is -2.12. The first kappa shape index (κ1) is 13.7. The van der Waals surface area contributed by atoms with Crippen molar-refractivity contribution in [3.63, 3.8) is 0 Å². The van der Waals surface area contributed by atoms with E-state index in [2.05, 4.69) is 20.9 Å². The first-order valence-corrected chi connectivity index (χ1v) is 8.06. The van der Waals surface area contributed by atoms with Gasteiger partial charge in [0, 0.05) is 7.05 Å². The maximum Gasteiger partial charge on any atom is 0.289 e. The molecule has 20 heavy (non-hydrogen) atoms. The van der Waals surface area contributed by atoms with E-state index in [-0.39, 0.29) is 11.7 Å². The summed E-state index contributed by atoms with van der Waals surface area (Å²) < 4.78 is 16.7. The smallest absolute Gasteiger partial charge is 0.289 e. The van der Waals surface area contributed by atoms with Gasteiger partial charge in [0.2, 0.25) is 0 Å². The van der Waals surface area contributed by atoms with Gasteiger partial charge in [-0.3, -0.25) is 4.79 Å². The maximum absolute atomic E-state index is 13.2. The van der Waals surface area contributed by atoms with Crippen molar-refractivity contribution in [2.45, 2.75) is 0 Å². The van der Waals surface area contributed by atoms with Crippen LogP contribution in [-0.4, -0.2) is 10.5 Å². The number of hydrogen-bond acceptors (Lipinski definition) is 3. The predicted octanol–water partition coefficient (Wildman–Crippen LogP) is 3.94. The van der Waals surface area contributed by atoms with E-state index in [1.807, 2.05) is 13.1 Å². The molecule has 0 saturated heterocycles. The summed E-state index contributed by atoms with van der Waals surface area (Å²) in [4.78, 5) is 17.3. The molecule has 102 valence electrons. The molecule has 0 aliphatic carbocycles. The largest absolute Gasteiger partial charge is 0.319 e. The SMILES string of the molecule is Cn1c(=NC(=O)c2ccc(Br)s2)sc2cc(F)ccc21. The molecule has 0 fully saturated rings. The van der Waals surface area contributed by atoms with E-state index in [1.54, 1.807) is 16.7 Å². The van der Waals surface area contributed by atoms with E-state index in [0.717, 1.165) is 14.0 Å². The lowest BCUT2D eigenvalue weighted by Gasteiger charge is -1.94. The molecule has 0 aliphatic rings. The fraction of sp³-hybridized carbons (Fsp3) is 0.0769. The average molecular weight is 371 g/mol. The third-order valence-corrected chi connectivity index (χ3v) is 5.46. The zero-order valence-corrected chi connectivity index (χ0v) is 13.5. The third kappa shape index (κ3) is 2.48. The average Bonchev–Trinajstić information content (AvgIpc) is 2.95. The van der Waals surface area contributed by atoms with Gasteiger partial charge in [-0.05, 0) is 46.3 Å². The Balaban J connectivity index is 2.12. The summed E-state index contributed by atoms with van der Waals surface area (Å²) in [6.45, 7) is 0. The van der Waals surface area contributed by atoms with Crippen LogP contribution < -0.4 is 4.80 Å². The van der Waals surface area contributed by atoms with Crippen molar-refractivity contribution in [3.05, 3.63) is 49.6 Å². The third-order valence-electron chi connectivity index (χ3n) is 2.75. The van der Waals surface area contributed by atoms with Crippen LogP contribution in [0.15, 0.2) is 39.1 Å². The van der Waals surface area contributed by atoms with Crippen LogP contribution in [0.3, 0.4) is 0 Å². The Bertz CT molecular complexity index is 878. The zero-order chi connectivity index (χ0) is 14.3. The van der Waals surface area contributed by atoms with Crippen molar-refractivity contribution in [2.24, 2.45) is 12.0 Å². The number of benzene rings is 1. The molecule has 0 spiro atoms. The monoisotopic (exact) mass is 370 g/mol. The summed E-state index contributed by atoms with van der Waals surface area (Å²) in [7, 11) is 1.81. The van der Waals surface area contributed by atoms with Crippen molar-refractivity contribution in [1.29, 1.82) is 0 Å². The summed E-state index contributed by atoms with van der Waals surface area (Å²) in [5.41, 5.74) is 0.857. The van der Waals surface area contributed by atoms with Crippen molar-refractivity contribution >= 4 is 54.7 Å². The normalized spacial score (nSPS) is 12.2. The molecule has 7 heteroatoms. The first-order valence-electron chi connectivity index (χ1n) is 5.64. The van der Waals surface area contributed by atoms with Gasteiger partial charge in [0.1, 0.15) is 5.82 Å². The number of rotatable bonds is 1. The second kappa shape index (κ2) is 5.23. The number of fused-ring (bicyclic) bond motifs is 1. The molecule has 0 bridgehead atoms. The molecular weight excluding hydrogens is 363 g/mol. The summed E-state index contributed by atoms with van der Waals surface area (Å²) in [5, 5.41) is 0. The van der Waals surface area contributed by atoms with E-state index in [1.165, 1.54) is 34.8 Å². The highest BCUT2D eigenvalue weighted by atomic mass is 79.9. The quantitative estimate of drug-likeness (QED) is 0.638. The Kier molecular flexibility index (Phi) is 3.57. The van der Waals surface area contributed by atoms with Gasteiger partial charge in [0.05, 0.1) is 18.9 Å². The number of halogens is 2. The number of carbonyl (C=O) groups excluding carboxylic acids is 1. The van der Waals surface area contributed by atoms with Gasteiger partial charge in [-0.15, -0.1) is 11.3 Å². The van der Waals surface area contributed by atoms with Crippen LogP contribution in [0.5, 0.6) is 0 Å². The second-order valence-electron chi connectivity index (χ2n) is 4.08. The second-order valence-corrected chi connectivity index (χ2v) is 7.55. The first-order chi connectivity index (χ1) is 9.54. The van der Waals surface area contributed by atoms with Gasteiger partial charge < -0.3 is 4.57 Å². The molecule has 0 aliphatic heterocycles. The molecule has 0 saturated carbocycles. The molecule has 3 rings (SSSR count). The van der Waals surface area contributed by atoms with Gasteiger partial charge in [-0.25, -0.2) is 4.39 Å². The lowest BCUT2D eigenvalue weighted by atomic mass is 10.3. The van der Waals surface area contributed by atoms with E-state index < -0.39 is 0 Å². The predicted molar refractivity (Wildman–Crippen MR) is 82.7 cm³/mol. The molecule has 0 atom stereocenters. The standard InChI is InChI=1S/C13H8BrFN2OS2/c1-17-8-3-2-7(15)6-10(8)20-13(17)16-12(18)9-4-5-11(14)19-9/h2-6H,1H3. The van der Waals surface area contributed by atoms with E-state index in [4.69, 9.17) is 0 Å². The molecule has 3 aromatic rings. The molecule has 0 radical (unpaired) electrons. The van der Waals surface area contributed by atoms with E-state index >= 15 is 0 Å². The number of amides is 1. The van der Waals surface area contributed by atoms with Crippen LogP contribution >= 0.6 is 38.6 Å². The molecule has 0 N–H and O–H groups in total. The van der Waals surface area contributed by atoms with E-state index in [0.29, 0.717) is 9.68 Å². The van der Waals surface area contributed by atoms with Crippen LogP contribution in [0.4, 0.5) is 4.39 Å². The maximum atomic E-state index is 13.2. The zero-order valence-electron chi connectivity index (χ0n) is 10.3. The molecule has 2 aromatic heterocycles. The van der Waals surface area contributed by atoms with Gasteiger partial charge in [0.15, 0.2) is 4.80 Å². The molecular formula is C13H8BrFN2OS2. The Morgan fingerprint density at radius 1 is 1.30 bits per heavy atom. The number of aromatic nitrogens is 1. The molecule has 1 aromatic carbocycles. The number of hydrogen-bond donors (Lipinski definition) is 0. The number of thiazole rings is 1. The Labute approximate surface area is 130 Å². The topological polar surface area (TPSA) is 34.4 Å².